The van der Waals surface area contributed by atoms with Gasteiger partial charge in [0.05, 0.1) is 19.4 Å². The van der Waals surface area contributed by atoms with Crippen LogP contribution in [0.25, 0.3) is 0 Å². The predicted molar refractivity (Wildman–Crippen MR) is 115 cm³/mol. The molecule has 13 heteroatoms. The summed E-state index contributed by atoms with van der Waals surface area (Å²) >= 11 is 0. The lowest BCUT2D eigenvalue weighted by atomic mass is 10.3. The summed E-state index contributed by atoms with van der Waals surface area (Å²) in [6.07, 6.45) is -3.37. The predicted octanol–water partition coefficient (Wildman–Crippen LogP) is -1.59. The summed E-state index contributed by atoms with van der Waals surface area (Å²) in [6, 6.07) is 0. The van der Waals surface area contributed by atoms with Gasteiger partial charge in [0.1, 0.15) is 25.9 Å². The number of ether oxygens (including phenoxy) is 4. The largest absolute Gasteiger partial charge is 0.463 e. The van der Waals surface area contributed by atoms with Crippen molar-refractivity contribution in [2.45, 2.75) is 38.4 Å². The Bertz CT molecular complexity index is 590. The van der Waals surface area contributed by atoms with Gasteiger partial charge in [-0.2, -0.15) is 0 Å². The first-order valence-corrected chi connectivity index (χ1v) is 10.7. The topological polar surface area (TPSA) is 173 Å². The minimum atomic E-state index is -1.22. The van der Waals surface area contributed by atoms with Crippen molar-refractivity contribution in [2.24, 2.45) is 0 Å². The SMILES string of the molecule is CCC(=O)OC(CO)COC(=O)CCC(=O)OCC(O)COC(=O)NCCN(C)CCNC. The lowest BCUT2D eigenvalue weighted by Crippen LogP contribution is -2.37. The molecule has 0 aromatic carbocycles. The summed E-state index contributed by atoms with van der Waals surface area (Å²) in [7, 11) is 3.77. The summed E-state index contributed by atoms with van der Waals surface area (Å²) in [5.41, 5.74) is 0. The van der Waals surface area contributed by atoms with Crippen LogP contribution in [0.3, 0.4) is 0 Å². The van der Waals surface area contributed by atoms with E-state index in [1.807, 2.05) is 19.0 Å². The Labute approximate surface area is 193 Å². The van der Waals surface area contributed by atoms with Crippen molar-refractivity contribution >= 4 is 24.0 Å². The molecule has 4 N–H and O–H groups in total. The zero-order chi connectivity index (χ0) is 25.1. The minimum Gasteiger partial charge on any atom is -0.463 e. The number of aliphatic hydroxyl groups excluding tert-OH is 2. The van der Waals surface area contributed by atoms with E-state index in [0.717, 1.165) is 13.1 Å². The number of carbonyl (C=O) groups excluding carboxylic acids is 4. The molecule has 0 saturated carbocycles. The average molecular weight is 480 g/mol. The Balaban J connectivity index is 3.89. The lowest BCUT2D eigenvalue weighted by molar-refractivity contribution is -0.162. The van der Waals surface area contributed by atoms with Crippen LogP contribution in [0.15, 0.2) is 0 Å². The van der Waals surface area contributed by atoms with Crippen molar-refractivity contribution in [3.63, 3.8) is 0 Å². The van der Waals surface area contributed by atoms with Crippen LogP contribution < -0.4 is 10.6 Å². The Kier molecular flexibility index (Phi) is 17.6. The standard InChI is InChI=1S/C20H37N3O10/c1-4-17(26)33-16(11-24)14-31-19(28)6-5-18(27)30-12-15(25)13-32-20(29)22-8-10-23(3)9-7-21-2/h15-16,21,24-25H,4-14H2,1-3H3,(H,22,29). The van der Waals surface area contributed by atoms with E-state index in [9.17, 15) is 24.3 Å². The van der Waals surface area contributed by atoms with Gasteiger partial charge in [0, 0.05) is 32.6 Å². The molecule has 0 bridgehead atoms. The highest BCUT2D eigenvalue weighted by atomic mass is 16.6. The number of amides is 1. The van der Waals surface area contributed by atoms with Gasteiger partial charge < -0.3 is 44.7 Å². The number of carbonyl (C=O) groups is 4. The quantitative estimate of drug-likeness (QED) is 0.131. The van der Waals surface area contributed by atoms with Crippen LogP contribution in [0.1, 0.15) is 26.2 Å². The third kappa shape index (κ3) is 17.7. The fourth-order valence-electron chi connectivity index (χ4n) is 2.15. The maximum Gasteiger partial charge on any atom is 0.407 e. The number of likely N-dealkylation sites (N-methyl/N-ethyl adjacent to an activating group) is 2. The molecular formula is C20H37N3O10. The van der Waals surface area contributed by atoms with E-state index in [-0.39, 0.29) is 32.5 Å². The number of esters is 3. The molecule has 0 spiro atoms. The first-order chi connectivity index (χ1) is 15.7. The van der Waals surface area contributed by atoms with Crippen LogP contribution in [0.2, 0.25) is 0 Å². The van der Waals surface area contributed by atoms with Crippen LogP contribution >= 0.6 is 0 Å². The lowest BCUT2D eigenvalue weighted by Gasteiger charge is -2.17. The third-order valence-corrected chi connectivity index (χ3v) is 4.10. The molecule has 0 aromatic heterocycles. The van der Waals surface area contributed by atoms with Gasteiger partial charge >= 0.3 is 24.0 Å². The van der Waals surface area contributed by atoms with E-state index in [2.05, 4.69) is 10.6 Å². The molecule has 2 atom stereocenters. The summed E-state index contributed by atoms with van der Waals surface area (Å²) in [6.45, 7) is 2.63. The molecule has 0 aliphatic carbocycles. The van der Waals surface area contributed by atoms with E-state index >= 15 is 0 Å². The van der Waals surface area contributed by atoms with Crippen LogP contribution in [0, 0.1) is 0 Å². The first-order valence-electron chi connectivity index (χ1n) is 10.7. The molecule has 0 aliphatic heterocycles. The van der Waals surface area contributed by atoms with E-state index in [4.69, 9.17) is 24.1 Å². The molecule has 0 saturated heterocycles. The molecule has 0 aromatic rings. The number of rotatable bonds is 18. The molecule has 33 heavy (non-hydrogen) atoms. The maximum atomic E-state index is 11.7. The third-order valence-electron chi connectivity index (χ3n) is 4.10. The molecule has 1 amide bonds. The fraction of sp³-hybridized carbons (Fsp3) is 0.800. The fourth-order valence-corrected chi connectivity index (χ4v) is 2.15. The van der Waals surface area contributed by atoms with Crippen molar-refractivity contribution in [1.82, 2.24) is 15.5 Å². The number of aliphatic hydroxyl groups is 2. The summed E-state index contributed by atoms with van der Waals surface area (Å²) < 4.78 is 19.4. The number of hydrogen-bond donors (Lipinski definition) is 4. The number of alkyl carbamates (subject to hydrolysis) is 1. The van der Waals surface area contributed by atoms with Crippen LogP contribution in [-0.4, -0.2) is 118 Å². The zero-order valence-corrected chi connectivity index (χ0v) is 19.5. The smallest absolute Gasteiger partial charge is 0.407 e. The van der Waals surface area contributed by atoms with E-state index in [0.29, 0.717) is 13.1 Å². The monoisotopic (exact) mass is 479 g/mol. The molecule has 2 unspecified atom stereocenters. The zero-order valence-electron chi connectivity index (χ0n) is 19.5. The highest BCUT2D eigenvalue weighted by Crippen LogP contribution is 2.01. The summed E-state index contributed by atoms with van der Waals surface area (Å²) in [5.74, 6) is -2.03. The van der Waals surface area contributed by atoms with E-state index in [1.165, 1.54) is 0 Å². The summed E-state index contributed by atoms with van der Waals surface area (Å²) in [4.78, 5) is 48.1. The first kappa shape index (κ1) is 30.5. The second-order valence-corrected chi connectivity index (χ2v) is 7.10. The summed E-state index contributed by atoms with van der Waals surface area (Å²) in [5, 5.41) is 24.4. The van der Waals surface area contributed by atoms with Gasteiger partial charge in [-0.15, -0.1) is 0 Å². The van der Waals surface area contributed by atoms with Crippen molar-refractivity contribution in [2.75, 3.05) is 66.7 Å². The average Bonchev–Trinajstić information content (AvgIpc) is 2.80. The van der Waals surface area contributed by atoms with E-state index < -0.39 is 49.4 Å². The van der Waals surface area contributed by atoms with Gasteiger partial charge in [0.15, 0.2) is 6.10 Å². The normalized spacial score (nSPS) is 12.5. The van der Waals surface area contributed by atoms with Gasteiger partial charge in [0.25, 0.3) is 0 Å². The van der Waals surface area contributed by atoms with Crippen molar-refractivity contribution in [1.29, 1.82) is 0 Å². The highest BCUT2D eigenvalue weighted by Gasteiger charge is 2.17. The highest BCUT2D eigenvalue weighted by molar-refractivity contribution is 5.77. The second-order valence-electron chi connectivity index (χ2n) is 7.10. The molecular weight excluding hydrogens is 442 g/mol. The molecule has 0 fully saturated rings. The van der Waals surface area contributed by atoms with Gasteiger partial charge in [-0.05, 0) is 14.1 Å². The van der Waals surface area contributed by atoms with Crippen LogP contribution in [0.5, 0.6) is 0 Å². The molecule has 0 heterocycles. The Hall–Kier alpha value is -2.48. The molecule has 0 radical (unpaired) electrons. The van der Waals surface area contributed by atoms with Gasteiger partial charge in [-0.25, -0.2) is 4.79 Å². The van der Waals surface area contributed by atoms with Crippen LogP contribution in [-0.2, 0) is 33.3 Å². The van der Waals surface area contributed by atoms with Gasteiger partial charge in [-0.3, -0.25) is 14.4 Å². The van der Waals surface area contributed by atoms with Crippen LogP contribution in [0.4, 0.5) is 4.79 Å². The molecule has 13 nitrogen and oxygen atoms in total. The number of hydrogen-bond acceptors (Lipinski definition) is 12. The van der Waals surface area contributed by atoms with Crippen molar-refractivity contribution < 1.29 is 48.3 Å². The Morgan fingerprint density at radius 2 is 1.48 bits per heavy atom. The molecule has 0 aliphatic rings. The number of nitrogens with zero attached hydrogens (tertiary/aromatic N) is 1. The van der Waals surface area contributed by atoms with Crippen molar-refractivity contribution in [3.8, 4) is 0 Å². The van der Waals surface area contributed by atoms with Crippen molar-refractivity contribution in [3.05, 3.63) is 0 Å². The molecule has 0 rings (SSSR count). The second kappa shape index (κ2) is 19.0. The molecule has 192 valence electrons. The minimum absolute atomic E-state index is 0.118. The van der Waals surface area contributed by atoms with Gasteiger partial charge in [0.2, 0.25) is 0 Å². The van der Waals surface area contributed by atoms with E-state index in [1.54, 1.807) is 6.92 Å². The number of nitrogens with one attached hydrogen (secondary N) is 2. The van der Waals surface area contributed by atoms with Gasteiger partial charge in [-0.1, -0.05) is 6.92 Å². The Morgan fingerprint density at radius 3 is 2.06 bits per heavy atom. The Morgan fingerprint density at radius 1 is 0.909 bits per heavy atom. The maximum absolute atomic E-state index is 11.7.